The van der Waals surface area contributed by atoms with Crippen molar-refractivity contribution in [2.45, 2.75) is 63.9 Å². The third-order valence-corrected chi connectivity index (χ3v) is 8.55. The number of hydrogen-bond donors (Lipinski definition) is 1. The SMILES string of the molecule is CC(C)(C)[Si](C)(C)OC[C@@H]1C[C@@H](C(F)(F)F)[C@H](O)O1. The summed E-state index contributed by atoms with van der Waals surface area (Å²) in [4.78, 5) is 0. The van der Waals surface area contributed by atoms with E-state index in [1.54, 1.807) is 0 Å². The van der Waals surface area contributed by atoms with Gasteiger partial charge < -0.3 is 14.3 Å². The molecule has 1 rings (SSSR count). The van der Waals surface area contributed by atoms with E-state index in [4.69, 9.17) is 9.16 Å². The predicted octanol–water partition coefficient (Wildman–Crippen LogP) is 3.29. The second-order valence-corrected chi connectivity index (χ2v) is 11.4. The Balaban J connectivity index is 2.54. The highest BCUT2D eigenvalue weighted by molar-refractivity contribution is 6.74. The molecule has 1 heterocycles. The Morgan fingerprint density at radius 1 is 1.26 bits per heavy atom. The Hall–Kier alpha value is -0.113. The second-order valence-electron chi connectivity index (χ2n) is 6.60. The molecule has 1 N–H and O–H groups in total. The normalized spacial score (nSPS) is 29.8. The number of hydrogen-bond acceptors (Lipinski definition) is 3. The van der Waals surface area contributed by atoms with Gasteiger partial charge in [0.15, 0.2) is 14.6 Å². The van der Waals surface area contributed by atoms with Crippen LogP contribution in [0.25, 0.3) is 0 Å². The van der Waals surface area contributed by atoms with Gasteiger partial charge in [-0.25, -0.2) is 0 Å². The Kier molecular flexibility index (Phi) is 4.77. The number of ether oxygens (including phenoxy) is 1. The molecule has 7 heteroatoms. The fraction of sp³-hybridized carbons (Fsp3) is 1.00. The van der Waals surface area contributed by atoms with E-state index < -0.39 is 32.8 Å². The van der Waals surface area contributed by atoms with Crippen molar-refractivity contribution in [3.05, 3.63) is 0 Å². The third-order valence-electron chi connectivity index (χ3n) is 4.05. The highest BCUT2D eigenvalue weighted by Gasteiger charge is 2.51. The topological polar surface area (TPSA) is 38.7 Å². The molecule has 114 valence electrons. The van der Waals surface area contributed by atoms with Crippen molar-refractivity contribution in [3.8, 4) is 0 Å². The molecule has 0 aromatic rings. The van der Waals surface area contributed by atoms with E-state index in [0.29, 0.717) is 0 Å². The first-order valence-electron chi connectivity index (χ1n) is 6.39. The van der Waals surface area contributed by atoms with E-state index in [-0.39, 0.29) is 18.1 Å². The van der Waals surface area contributed by atoms with Gasteiger partial charge in [0.25, 0.3) is 0 Å². The molecule has 3 nitrogen and oxygen atoms in total. The van der Waals surface area contributed by atoms with Crippen molar-refractivity contribution < 1.29 is 27.4 Å². The summed E-state index contributed by atoms with van der Waals surface area (Å²) in [6.07, 6.45) is -7.12. The van der Waals surface area contributed by atoms with E-state index in [0.717, 1.165) is 0 Å². The molecule has 0 aromatic heterocycles. The van der Waals surface area contributed by atoms with Gasteiger partial charge in [-0.15, -0.1) is 0 Å². The minimum absolute atomic E-state index is 0.00630. The summed E-state index contributed by atoms with van der Waals surface area (Å²) in [7, 11) is -2.01. The van der Waals surface area contributed by atoms with Crippen LogP contribution in [0.15, 0.2) is 0 Å². The first-order chi connectivity index (χ1) is 8.34. The Morgan fingerprint density at radius 2 is 1.79 bits per heavy atom. The van der Waals surface area contributed by atoms with Gasteiger partial charge in [0.1, 0.15) is 5.92 Å². The lowest BCUT2D eigenvalue weighted by Gasteiger charge is -2.36. The molecule has 1 saturated heterocycles. The van der Waals surface area contributed by atoms with Crippen molar-refractivity contribution in [2.24, 2.45) is 5.92 Å². The van der Waals surface area contributed by atoms with Crippen molar-refractivity contribution in [1.29, 1.82) is 0 Å². The molecular weight excluding hydrogens is 277 g/mol. The van der Waals surface area contributed by atoms with Gasteiger partial charge in [-0.3, -0.25) is 0 Å². The molecule has 0 spiro atoms. The summed E-state index contributed by atoms with van der Waals surface area (Å²) < 4.78 is 48.5. The van der Waals surface area contributed by atoms with Gasteiger partial charge in [-0.1, -0.05) is 20.8 Å². The van der Waals surface area contributed by atoms with E-state index in [2.05, 4.69) is 20.8 Å². The zero-order chi connectivity index (χ0) is 15.1. The average Bonchev–Trinajstić information content (AvgIpc) is 2.54. The molecule has 0 saturated carbocycles. The summed E-state index contributed by atoms with van der Waals surface area (Å²) in [5.74, 6) is -1.81. The molecule has 0 unspecified atom stereocenters. The van der Waals surface area contributed by atoms with Crippen LogP contribution in [0.2, 0.25) is 18.1 Å². The lowest BCUT2D eigenvalue weighted by molar-refractivity contribution is -0.223. The maximum absolute atomic E-state index is 12.6. The number of aliphatic hydroxyl groups is 1. The molecule has 3 atom stereocenters. The van der Waals surface area contributed by atoms with Crippen LogP contribution in [0.1, 0.15) is 27.2 Å². The lowest BCUT2D eigenvalue weighted by atomic mass is 10.0. The molecule has 1 fully saturated rings. The summed E-state index contributed by atoms with van der Waals surface area (Å²) in [5.41, 5.74) is 0. The van der Waals surface area contributed by atoms with Crippen LogP contribution in [0, 0.1) is 5.92 Å². The predicted molar refractivity (Wildman–Crippen MR) is 68.2 cm³/mol. The van der Waals surface area contributed by atoms with Crippen molar-refractivity contribution in [2.75, 3.05) is 6.61 Å². The number of halogens is 3. The Morgan fingerprint density at radius 3 is 2.16 bits per heavy atom. The van der Waals surface area contributed by atoms with Gasteiger partial charge in [0.05, 0.1) is 12.7 Å². The quantitative estimate of drug-likeness (QED) is 0.813. The fourth-order valence-electron chi connectivity index (χ4n) is 1.67. The van der Waals surface area contributed by atoms with Crippen LogP contribution >= 0.6 is 0 Å². The molecule has 1 aliphatic rings. The van der Waals surface area contributed by atoms with Crippen molar-refractivity contribution in [1.82, 2.24) is 0 Å². The first kappa shape index (κ1) is 16.9. The molecule has 1 aliphatic heterocycles. The van der Waals surface area contributed by atoms with E-state index in [1.165, 1.54) is 0 Å². The third kappa shape index (κ3) is 4.17. The molecule has 0 aromatic carbocycles. The van der Waals surface area contributed by atoms with E-state index in [9.17, 15) is 18.3 Å². The maximum atomic E-state index is 12.6. The Bertz CT molecular complexity index is 312. The molecule has 0 aliphatic carbocycles. The van der Waals surface area contributed by atoms with Gasteiger partial charge >= 0.3 is 6.18 Å². The van der Waals surface area contributed by atoms with Crippen LogP contribution < -0.4 is 0 Å². The molecule has 19 heavy (non-hydrogen) atoms. The molecule has 0 amide bonds. The average molecular weight is 300 g/mol. The van der Waals surface area contributed by atoms with Crippen LogP contribution in [-0.4, -0.2) is 38.6 Å². The summed E-state index contributed by atoms with van der Waals surface area (Å²) >= 11 is 0. The highest BCUT2D eigenvalue weighted by Crippen LogP contribution is 2.40. The van der Waals surface area contributed by atoms with Crippen molar-refractivity contribution >= 4 is 8.32 Å². The highest BCUT2D eigenvalue weighted by atomic mass is 28.4. The Labute approximate surface area is 113 Å². The van der Waals surface area contributed by atoms with Crippen molar-refractivity contribution in [3.63, 3.8) is 0 Å². The van der Waals surface area contributed by atoms with Gasteiger partial charge in [0, 0.05) is 0 Å². The second kappa shape index (κ2) is 5.35. The van der Waals surface area contributed by atoms with Crippen LogP contribution in [0.4, 0.5) is 13.2 Å². The van der Waals surface area contributed by atoms with E-state index >= 15 is 0 Å². The van der Waals surface area contributed by atoms with Crippen LogP contribution in [-0.2, 0) is 9.16 Å². The summed E-state index contributed by atoms with van der Waals surface area (Å²) in [6.45, 7) is 10.3. The standard InChI is InChI=1S/C12H23F3O3Si/c1-11(2,3)19(4,5)17-7-8-6-9(10(16)18-8)12(13,14)15/h8-10,16H,6-7H2,1-5H3/t8-,9+,10+/m0/s1. The monoisotopic (exact) mass is 300 g/mol. The molecular formula is C12H23F3O3Si. The zero-order valence-electron chi connectivity index (χ0n) is 12.0. The maximum Gasteiger partial charge on any atom is 0.396 e. The molecule has 0 radical (unpaired) electrons. The number of aliphatic hydroxyl groups excluding tert-OH is 1. The van der Waals surface area contributed by atoms with Gasteiger partial charge in [-0.05, 0) is 24.6 Å². The van der Waals surface area contributed by atoms with Crippen LogP contribution in [0.5, 0.6) is 0 Å². The minimum Gasteiger partial charge on any atom is -0.414 e. The lowest BCUT2D eigenvalue weighted by Crippen LogP contribution is -2.42. The number of alkyl halides is 3. The summed E-state index contributed by atoms with van der Waals surface area (Å²) in [5, 5.41) is 9.29. The fourth-order valence-corrected chi connectivity index (χ4v) is 2.70. The van der Waals surface area contributed by atoms with Crippen LogP contribution in [0.3, 0.4) is 0 Å². The van der Waals surface area contributed by atoms with Gasteiger partial charge in [-0.2, -0.15) is 13.2 Å². The smallest absolute Gasteiger partial charge is 0.396 e. The summed E-state index contributed by atoms with van der Waals surface area (Å²) in [6, 6.07) is 0. The largest absolute Gasteiger partial charge is 0.414 e. The van der Waals surface area contributed by atoms with E-state index in [1.807, 2.05) is 13.1 Å². The van der Waals surface area contributed by atoms with Gasteiger partial charge in [0.2, 0.25) is 0 Å². The first-order valence-corrected chi connectivity index (χ1v) is 9.29. The zero-order valence-corrected chi connectivity index (χ0v) is 13.0. The molecule has 0 bridgehead atoms. The minimum atomic E-state index is -4.43. The number of rotatable bonds is 3.